The van der Waals surface area contributed by atoms with E-state index >= 15 is 0 Å². The lowest BCUT2D eigenvalue weighted by Gasteiger charge is -2.01. The van der Waals surface area contributed by atoms with E-state index in [9.17, 15) is 4.79 Å². The van der Waals surface area contributed by atoms with Crippen LogP contribution in [0, 0.1) is 0 Å². The van der Waals surface area contributed by atoms with Gasteiger partial charge in [0.25, 0.3) is 0 Å². The fourth-order valence-corrected chi connectivity index (χ4v) is 1.89. The smallest absolute Gasteiger partial charge is 0.360 e. The summed E-state index contributed by atoms with van der Waals surface area (Å²) < 4.78 is 0. The minimum Gasteiger partial charge on any atom is -0.476 e. The molecule has 6 nitrogen and oxygen atoms in total. The second-order valence-electron chi connectivity index (χ2n) is 3.58. The number of aromatic nitrogens is 1. The average Bonchev–Trinajstić information content (AvgIpc) is 2.82. The van der Waals surface area contributed by atoms with Crippen LogP contribution in [0.4, 0.5) is 5.13 Å². The number of carbonyl (C=O) groups is 1. The zero-order valence-corrected chi connectivity index (χ0v) is 10.6. The molecule has 1 aromatic carbocycles. The molecule has 1 heterocycles. The molecule has 3 N–H and O–H groups in total. The first-order valence-electron chi connectivity index (χ1n) is 5.35. The van der Waals surface area contributed by atoms with Crippen molar-refractivity contribution in [1.29, 1.82) is 0 Å². The highest BCUT2D eigenvalue weighted by Crippen LogP contribution is 2.12. The van der Waals surface area contributed by atoms with E-state index in [1.807, 2.05) is 30.3 Å². The number of hydrogen-bond donors (Lipinski definition) is 2. The van der Waals surface area contributed by atoms with Crippen molar-refractivity contribution in [2.45, 2.75) is 6.61 Å². The van der Waals surface area contributed by atoms with Gasteiger partial charge < -0.3 is 15.7 Å². The minimum atomic E-state index is -1.21. The van der Waals surface area contributed by atoms with Gasteiger partial charge >= 0.3 is 5.97 Å². The van der Waals surface area contributed by atoms with E-state index in [1.54, 1.807) is 0 Å². The number of anilines is 1. The monoisotopic (exact) mass is 277 g/mol. The summed E-state index contributed by atoms with van der Waals surface area (Å²) in [6.07, 6.45) is 0. The van der Waals surface area contributed by atoms with Gasteiger partial charge in [-0.1, -0.05) is 35.5 Å². The largest absolute Gasteiger partial charge is 0.476 e. The minimum absolute atomic E-state index is 0.192. The Hall–Kier alpha value is -2.41. The molecule has 0 amide bonds. The first-order valence-corrected chi connectivity index (χ1v) is 6.23. The van der Waals surface area contributed by atoms with Crippen molar-refractivity contribution in [2.24, 2.45) is 5.16 Å². The molecule has 0 aliphatic heterocycles. The van der Waals surface area contributed by atoms with E-state index in [0.717, 1.165) is 16.9 Å². The SMILES string of the molecule is Nc1nc(C(=NOCc2ccccc2)C(=O)O)cs1. The fourth-order valence-electron chi connectivity index (χ4n) is 1.34. The van der Waals surface area contributed by atoms with Gasteiger partial charge in [0.1, 0.15) is 12.3 Å². The highest BCUT2D eigenvalue weighted by molar-refractivity contribution is 7.13. The third-order valence-corrected chi connectivity index (χ3v) is 2.87. The molecule has 0 aliphatic rings. The topological polar surface area (TPSA) is 97.8 Å². The summed E-state index contributed by atoms with van der Waals surface area (Å²) in [5.41, 5.74) is 6.29. The van der Waals surface area contributed by atoms with Crippen LogP contribution in [0.25, 0.3) is 0 Å². The third-order valence-electron chi connectivity index (χ3n) is 2.20. The van der Waals surface area contributed by atoms with Crippen LogP contribution in [0.3, 0.4) is 0 Å². The molecular formula is C12H11N3O3S. The van der Waals surface area contributed by atoms with Crippen molar-refractivity contribution < 1.29 is 14.7 Å². The van der Waals surface area contributed by atoms with Gasteiger partial charge in [-0.2, -0.15) is 0 Å². The zero-order chi connectivity index (χ0) is 13.7. The average molecular weight is 277 g/mol. The number of rotatable bonds is 5. The highest BCUT2D eigenvalue weighted by atomic mass is 32.1. The van der Waals surface area contributed by atoms with Gasteiger partial charge in [-0.25, -0.2) is 9.78 Å². The summed E-state index contributed by atoms with van der Waals surface area (Å²) in [4.78, 5) is 20.0. The second kappa shape index (κ2) is 5.96. The fraction of sp³-hybridized carbons (Fsp3) is 0.0833. The Balaban J connectivity index is 2.08. The summed E-state index contributed by atoms with van der Waals surface area (Å²) in [6, 6.07) is 9.32. The zero-order valence-electron chi connectivity index (χ0n) is 9.81. The maximum Gasteiger partial charge on any atom is 0.360 e. The van der Waals surface area contributed by atoms with Crippen LogP contribution < -0.4 is 5.73 Å². The molecule has 98 valence electrons. The number of carboxylic acids is 1. The molecule has 0 bridgehead atoms. The molecule has 7 heteroatoms. The lowest BCUT2D eigenvalue weighted by molar-refractivity contribution is -0.129. The highest BCUT2D eigenvalue weighted by Gasteiger charge is 2.16. The Bertz CT molecular complexity index is 595. The molecule has 2 rings (SSSR count). The van der Waals surface area contributed by atoms with Crippen LogP contribution in [0.15, 0.2) is 40.9 Å². The number of nitrogens with zero attached hydrogens (tertiary/aromatic N) is 2. The summed E-state index contributed by atoms with van der Waals surface area (Å²) >= 11 is 1.15. The van der Waals surface area contributed by atoms with Crippen LogP contribution in [-0.2, 0) is 16.2 Å². The number of oxime groups is 1. The Morgan fingerprint density at radius 3 is 2.74 bits per heavy atom. The molecule has 0 unspecified atom stereocenters. The molecule has 0 spiro atoms. The van der Waals surface area contributed by atoms with E-state index in [2.05, 4.69) is 10.1 Å². The summed E-state index contributed by atoms with van der Waals surface area (Å²) in [5.74, 6) is -1.21. The molecule has 0 saturated heterocycles. The van der Waals surface area contributed by atoms with Crippen molar-refractivity contribution >= 4 is 28.1 Å². The summed E-state index contributed by atoms with van der Waals surface area (Å²) in [5, 5.41) is 14.5. The van der Waals surface area contributed by atoms with Crippen LogP contribution in [0.1, 0.15) is 11.3 Å². The lowest BCUT2D eigenvalue weighted by Crippen LogP contribution is -2.15. The number of benzene rings is 1. The Morgan fingerprint density at radius 1 is 1.42 bits per heavy atom. The number of hydrogen-bond acceptors (Lipinski definition) is 6. The van der Waals surface area contributed by atoms with Crippen molar-refractivity contribution in [2.75, 3.05) is 5.73 Å². The molecule has 0 atom stereocenters. The molecule has 0 aliphatic carbocycles. The van der Waals surface area contributed by atoms with Gasteiger partial charge in [0.2, 0.25) is 5.71 Å². The third kappa shape index (κ3) is 3.52. The van der Waals surface area contributed by atoms with E-state index in [4.69, 9.17) is 15.7 Å². The van der Waals surface area contributed by atoms with Gasteiger partial charge in [0.05, 0.1) is 0 Å². The lowest BCUT2D eigenvalue weighted by atomic mass is 10.2. The molecule has 0 radical (unpaired) electrons. The number of nitrogens with two attached hydrogens (primary N) is 1. The molecular weight excluding hydrogens is 266 g/mol. The first kappa shape index (κ1) is 13.0. The Kier molecular flexibility index (Phi) is 4.09. The number of thiazole rings is 1. The van der Waals surface area contributed by atoms with E-state index in [1.165, 1.54) is 5.38 Å². The van der Waals surface area contributed by atoms with E-state index in [0.29, 0.717) is 0 Å². The van der Waals surface area contributed by atoms with Gasteiger partial charge in [0, 0.05) is 5.38 Å². The molecule has 2 aromatic rings. The number of nitrogen functional groups attached to an aromatic ring is 1. The predicted octanol–water partition coefficient (Wildman–Crippen LogP) is 1.73. The van der Waals surface area contributed by atoms with Crippen molar-refractivity contribution in [3.05, 3.63) is 47.0 Å². The summed E-state index contributed by atoms with van der Waals surface area (Å²) in [6.45, 7) is 0.192. The second-order valence-corrected chi connectivity index (χ2v) is 4.46. The van der Waals surface area contributed by atoms with E-state index < -0.39 is 5.97 Å². The molecule has 0 saturated carbocycles. The van der Waals surface area contributed by atoms with Crippen LogP contribution in [-0.4, -0.2) is 21.8 Å². The number of aliphatic carboxylic acids is 1. The molecule has 0 fully saturated rings. The first-order chi connectivity index (χ1) is 9.16. The maximum atomic E-state index is 11.1. The van der Waals surface area contributed by atoms with Crippen molar-refractivity contribution in [3.8, 4) is 0 Å². The van der Waals surface area contributed by atoms with Gasteiger partial charge in [-0.3, -0.25) is 0 Å². The maximum absolute atomic E-state index is 11.1. The normalized spacial score (nSPS) is 11.3. The Morgan fingerprint density at radius 2 is 2.16 bits per heavy atom. The standard InChI is InChI=1S/C12H11N3O3S/c13-12-14-9(7-19-12)10(11(16)17)15-18-6-8-4-2-1-3-5-8/h1-5,7H,6H2,(H2,13,14)(H,16,17). The van der Waals surface area contributed by atoms with Gasteiger partial charge in [-0.15, -0.1) is 11.3 Å². The molecule has 1 aromatic heterocycles. The van der Waals surface area contributed by atoms with Crippen molar-refractivity contribution in [1.82, 2.24) is 4.98 Å². The van der Waals surface area contributed by atoms with E-state index in [-0.39, 0.29) is 23.1 Å². The number of carboxylic acid groups (broad SMARTS) is 1. The molecule has 19 heavy (non-hydrogen) atoms. The van der Waals surface area contributed by atoms with Crippen LogP contribution >= 0.6 is 11.3 Å². The quantitative estimate of drug-likeness (QED) is 0.640. The Labute approximate surface area is 113 Å². The predicted molar refractivity (Wildman–Crippen MR) is 71.9 cm³/mol. The van der Waals surface area contributed by atoms with Crippen LogP contribution in [0.2, 0.25) is 0 Å². The van der Waals surface area contributed by atoms with Gasteiger partial charge in [-0.05, 0) is 5.56 Å². The summed E-state index contributed by atoms with van der Waals surface area (Å²) in [7, 11) is 0. The van der Waals surface area contributed by atoms with Crippen molar-refractivity contribution in [3.63, 3.8) is 0 Å². The van der Waals surface area contributed by atoms with Gasteiger partial charge in [0.15, 0.2) is 5.13 Å². The van der Waals surface area contributed by atoms with Crippen LogP contribution in [0.5, 0.6) is 0 Å².